The van der Waals surface area contributed by atoms with E-state index in [2.05, 4.69) is 9.97 Å². The van der Waals surface area contributed by atoms with Gasteiger partial charge in [0.1, 0.15) is 0 Å². The van der Waals surface area contributed by atoms with Gasteiger partial charge in [0.2, 0.25) is 0 Å². The Bertz CT molecular complexity index is 511. The van der Waals surface area contributed by atoms with Crippen molar-refractivity contribution < 1.29 is 4.74 Å². The van der Waals surface area contributed by atoms with Gasteiger partial charge in [-0.25, -0.2) is 0 Å². The lowest BCUT2D eigenvalue weighted by molar-refractivity contribution is 0.415. The normalized spacial score (nSPS) is 10.1. The molecule has 0 amide bonds. The minimum Gasteiger partial charge on any atom is -0.493 e. The van der Waals surface area contributed by atoms with Crippen LogP contribution in [-0.4, -0.2) is 17.1 Å². The fraction of sp³-hybridized carbons (Fsp3) is 0.167. The Balaban J connectivity index is 2.45. The average molecular weight is 215 g/mol. The Morgan fingerprint density at radius 1 is 1.25 bits per heavy atom. The van der Waals surface area contributed by atoms with Gasteiger partial charge in [0.05, 0.1) is 30.4 Å². The number of aromatic nitrogens is 2. The number of hydrogen-bond donors (Lipinski definition) is 1. The van der Waals surface area contributed by atoms with Crippen molar-refractivity contribution in [3.63, 3.8) is 0 Å². The fourth-order valence-corrected chi connectivity index (χ4v) is 1.45. The molecule has 0 aliphatic heterocycles. The van der Waals surface area contributed by atoms with E-state index in [0.717, 1.165) is 17.1 Å². The first-order valence-electron chi connectivity index (χ1n) is 4.94. The van der Waals surface area contributed by atoms with Crippen LogP contribution in [0.1, 0.15) is 5.69 Å². The molecule has 2 heterocycles. The molecule has 2 rings (SSSR count). The maximum Gasteiger partial charge on any atom is 0.160 e. The first-order chi connectivity index (χ1) is 7.70. The SMILES string of the molecule is COc1cnc(-c2cccc(C)n2)cc1N. The zero-order chi connectivity index (χ0) is 11.5. The van der Waals surface area contributed by atoms with Gasteiger partial charge in [-0.15, -0.1) is 0 Å². The summed E-state index contributed by atoms with van der Waals surface area (Å²) in [6.45, 7) is 1.94. The highest BCUT2D eigenvalue weighted by Crippen LogP contribution is 2.24. The number of nitrogens with two attached hydrogens (primary N) is 1. The number of anilines is 1. The third-order valence-corrected chi connectivity index (χ3v) is 2.27. The minimum absolute atomic E-state index is 0.566. The molecule has 0 radical (unpaired) electrons. The Morgan fingerprint density at radius 2 is 2.06 bits per heavy atom. The largest absolute Gasteiger partial charge is 0.493 e. The Labute approximate surface area is 94.1 Å². The molecule has 0 unspecified atom stereocenters. The smallest absolute Gasteiger partial charge is 0.160 e. The summed E-state index contributed by atoms with van der Waals surface area (Å²) in [6.07, 6.45) is 1.61. The van der Waals surface area contributed by atoms with E-state index in [1.54, 1.807) is 19.4 Å². The molecule has 0 saturated carbocycles. The van der Waals surface area contributed by atoms with Crippen molar-refractivity contribution in [3.8, 4) is 17.1 Å². The van der Waals surface area contributed by atoms with Crippen molar-refractivity contribution in [2.45, 2.75) is 6.92 Å². The van der Waals surface area contributed by atoms with Gasteiger partial charge in [-0.1, -0.05) is 6.07 Å². The number of nitrogen functional groups attached to an aromatic ring is 1. The standard InChI is InChI=1S/C12H13N3O/c1-8-4-3-5-10(15-8)11-6-9(13)12(16-2)7-14-11/h3-7H,1-2H3,(H2,13,14). The molecular formula is C12H13N3O. The molecule has 2 aromatic rings. The Hall–Kier alpha value is -2.10. The van der Waals surface area contributed by atoms with Crippen LogP contribution in [0.4, 0.5) is 5.69 Å². The fourth-order valence-electron chi connectivity index (χ4n) is 1.45. The van der Waals surface area contributed by atoms with Gasteiger partial charge in [0, 0.05) is 5.69 Å². The summed E-state index contributed by atoms with van der Waals surface area (Å²) in [4.78, 5) is 8.64. The highest BCUT2D eigenvalue weighted by atomic mass is 16.5. The quantitative estimate of drug-likeness (QED) is 0.832. The summed E-state index contributed by atoms with van der Waals surface area (Å²) in [5.41, 5.74) is 8.90. The lowest BCUT2D eigenvalue weighted by Crippen LogP contribution is -1.96. The molecule has 2 N–H and O–H groups in total. The summed E-state index contributed by atoms with van der Waals surface area (Å²) in [7, 11) is 1.57. The Kier molecular flexibility index (Phi) is 2.72. The molecule has 0 bridgehead atoms. The summed E-state index contributed by atoms with van der Waals surface area (Å²) < 4.78 is 5.05. The molecule has 4 nitrogen and oxygen atoms in total. The molecule has 82 valence electrons. The number of rotatable bonds is 2. The number of methoxy groups -OCH3 is 1. The van der Waals surface area contributed by atoms with E-state index in [1.807, 2.05) is 25.1 Å². The van der Waals surface area contributed by atoms with Crippen molar-refractivity contribution in [1.82, 2.24) is 9.97 Å². The van der Waals surface area contributed by atoms with Gasteiger partial charge in [-0.2, -0.15) is 0 Å². The van der Waals surface area contributed by atoms with Crippen molar-refractivity contribution in [2.24, 2.45) is 0 Å². The van der Waals surface area contributed by atoms with Crippen molar-refractivity contribution in [3.05, 3.63) is 36.2 Å². The van der Waals surface area contributed by atoms with E-state index in [9.17, 15) is 0 Å². The molecule has 2 aromatic heterocycles. The molecule has 0 saturated heterocycles. The van der Waals surface area contributed by atoms with Crippen LogP contribution in [0.25, 0.3) is 11.4 Å². The highest BCUT2D eigenvalue weighted by molar-refractivity contribution is 5.63. The van der Waals surface area contributed by atoms with E-state index in [4.69, 9.17) is 10.5 Å². The molecule has 0 fully saturated rings. The van der Waals surface area contributed by atoms with Gasteiger partial charge in [0.25, 0.3) is 0 Å². The zero-order valence-electron chi connectivity index (χ0n) is 9.27. The maximum atomic E-state index is 5.81. The molecular weight excluding hydrogens is 202 g/mol. The summed E-state index contributed by atoms with van der Waals surface area (Å²) in [6, 6.07) is 7.55. The van der Waals surface area contributed by atoms with Crippen LogP contribution < -0.4 is 10.5 Å². The predicted octanol–water partition coefficient (Wildman–Crippen LogP) is 2.04. The number of pyridine rings is 2. The first-order valence-corrected chi connectivity index (χ1v) is 4.94. The van der Waals surface area contributed by atoms with Crippen LogP contribution in [0, 0.1) is 6.92 Å². The lowest BCUT2D eigenvalue weighted by Gasteiger charge is -2.06. The number of hydrogen-bond acceptors (Lipinski definition) is 4. The van der Waals surface area contributed by atoms with E-state index >= 15 is 0 Å². The van der Waals surface area contributed by atoms with E-state index in [0.29, 0.717) is 11.4 Å². The second-order valence-corrected chi connectivity index (χ2v) is 3.48. The molecule has 0 aliphatic rings. The van der Waals surface area contributed by atoms with Crippen molar-refractivity contribution in [1.29, 1.82) is 0 Å². The van der Waals surface area contributed by atoms with E-state index < -0.39 is 0 Å². The highest BCUT2D eigenvalue weighted by Gasteiger charge is 2.05. The lowest BCUT2D eigenvalue weighted by atomic mass is 10.2. The first kappa shape index (κ1) is 10.4. The summed E-state index contributed by atoms with van der Waals surface area (Å²) >= 11 is 0. The topological polar surface area (TPSA) is 61.0 Å². The summed E-state index contributed by atoms with van der Waals surface area (Å²) in [5.74, 6) is 0.580. The van der Waals surface area contributed by atoms with Crippen LogP contribution in [0.3, 0.4) is 0 Å². The average Bonchev–Trinajstić information content (AvgIpc) is 2.29. The van der Waals surface area contributed by atoms with Crippen LogP contribution in [0.15, 0.2) is 30.5 Å². The molecule has 0 aliphatic carbocycles. The van der Waals surface area contributed by atoms with Crippen molar-refractivity contribution in [2.75, 3.05) is 12.8 Å². The van der Waals surface area contributed by atoms with Crippen LogP contribution >= 0.6 is 0 Å². The van der Waals surface area contributed by atoms with Gasteiger partial charge in [0.15, 0.2) is 5.75 Å². The molecule has 0 aromatic carbocycles. The number of aryl methyl sites for hydroxylation is 1. The monoisotopic (exact) mass is 215 g/mol. The molecule has 0 spiro atoms. The zero-order valence-corrected chi connectivity index (χ0v) is 9.27. The van der Waals surface area contributed by atoms with Crippen molar-refractivity contribution >= 4 is 5.69 Å². The second kappa shape index (κ2) is 4.18. The van der Waals surface area contributed by atoms with Crippen LogP contribution in [-0.2, 0) is 0 Å². The van der Waals surface area contributed by atoms with E-state index in [1.165, 1.54) is 0 Å². The molecule has 0 atom stereocenters. The third kappa shape index (κ3) is 1.95. The predicted molar refractivity (Wildman–Crippen MR) is 63.2 cm³/mol. The third-order valence-electron chi connectivity index (χ3n) is 2.27. The number of ether oxygens (including phenoxy) is 1. The van der Waals surface area contributed by atoms with Gasteiger partial charge in [-0.05, 0) is 25.1 Å². The summed E-state index contributed by atoms with van der Waals surface area (Å²) in [5, 5.41) is 0. The van der Waals surface area contributed by atoms with E-state index in [-0.39, 0.29) is 0 Å². The van der Waals surface area contributed by atoms with Gasteiger partial charge < -0.3 is 10.5 Å². The second-order valence-electron chi connectivity index (χ2n) is 3.48. The van der Waals surface area contributed by atoms with Crippen LogP contribution in [0.2, 0.25) is 0 Å². The number of nitrogens with zero attached hydrogens (tertiary/aromatic N) is 2. The Morgan fingerprint density at radius 3 is 2.69 bits per heavy atom. The maximum absolute atomic E-state index is 5.81. The van der Waals surface area contributed by atoms with Gasteiger partial charge >= 0.3 is 0 Å². The van der Waals surface area contributed by atoms with Crippen LogP contribution in [0.5, 0.6) is 5.75 Å². The van der Waals surface area contributed by atoms with Gasteiger partial charge in [-0.3, -0.25) is 9.97 Å². The minimum atomic E-state index is 0.566. The molecule has 4 heteroatoms. The molecule has 16 heavy (non-hydrogen) atoms.